The minimum atomic E-state index is -4.53. The summed E-state index contributed by atoms with van der Waals surface area (Å²) in [5, 5.41) is -0.362. The van der Waals surface area contributed by atoms with Crippen LogP contribution in [0, 0.1) is 5.92 Å². The third kappa shape index (κ3) is 4.58. The average Bonchev–Trinajstić information content (AvgIpc) is 3.14. The van der Waals surface area contributed by atoms with Crippen LogP contribution in [0.3, 0.4) is 0 Å². The standard InChI is InChI=1S/C18H19ClF3NO3/c19-15-3-1-12(11-14(15)18(20,21)22)2-4-16(24)23-7-5-13(6-8-23)17-25-9-10-26-17/h1-4,11,13,17H,5-10H2/b4-2+. The molecule has 0 N–H and O–H groups in total. The van der Waals surface area contributed by atoms with Crippen LogP contribution in [0.5, 0.6) is 0 Å². The van der Waals surface area contributed by atoms with Gasteiger partial charge in [0.1, 0.15) is 0 Å². The Hall–Kier alpha value is -1.57. The van der Waals surface area contributed by atoms with Crippen LogP contribution >= 0.6 is 11.6 Å². The summed E-state index contributed by atoms with van der Waals surface area (Å²) in [5.41, 5.74) is -0.635. The summed E-state index contributed by atoms with van der Waals surface area (Å²) in [7, 11) is 0. The normalized spacial score (nSPS) is 20.2. The predicted molar refractivity (Wildman–Crippen MR) is 90.5 cm³/mol. The molecule has 4 nitrogen and oxygen atoms in total. The molecule has 0 bridgehead atoms. The van der Waals surface area contributed by atoms with Crippen LogP contribution in [0.15, 0.2) is 24.3 Å². The molecular formula is C18H19ClF3NO3. The van der Waals surface area contributed by atoms with Crippen LogP contribution in [0.1, 0.15) is 24.0 Å². The molecule has 0 spiro atoms. The molecule has 142 valence electrons. The number of rotatable bonds is 3. The van der Waals surface area contributed by atoms with Gasteiger partial charge in [0, 0.05) is 25.1 Å². The third-order valence-corrected chi connectivity index (χ3v) is 4.93. The molecule has 1 aromatic rings. The largest absolute Gasteiger partial charge is 0.417 e. The van der Waals surface area contributed by atoms with Crippen LogP contribution in [0.25, 0.3) is 6.08 Å². The van der Waals surface area contributed by atoms with Gasteiger partial charge in [-0.2, -0.15) is 13.2 Å². The van der Waals surface area contributed by atoms with Gasteiger partial charge in [0.25, 0.3) is 0 Å². The molecule has 2 heterocycles. The maximum atomic E-state index is 12.9. The number of ether oxygens (including phenoxy) is 2. The number of likely N-dealkylation sites (tertiary alicyclic amines) is 1. The number of hydrogen-bond acceptors (Lipinski definition) is 3. The highest BCUT2D eigenvalue weighted by Crippen LogP contribution is 2.35. The highest BCUT2D eigenvalue weighted by molar-refractivity contribution is 6.31. The number of benzene rings is 1. The van der Waals surface area contributed by atoms with Crippen molar-refractivity contribution < 1.29 is 27.4 Å². The zero-order valence-electron chi connectivity index (χ0n) is 14.0. The molecule has 0 saturated carbocycles. The lowest BCUT2D eigenvalue weighted by molar-refractivity contribution is -0.137. The van der Waals surface area contributed by atoms with Crippen molar-refractivity contribution in [2.45, 2.75) is 25.3 Å². The van der Waals surface area contributed by atoms with Gasteiger partial charge >= 0.3 is 6.18 Å². The van der Waals surface area contributed by atoms with Crippen molar-refractivity contribution in [1.29, 1.82) is 0 Å². The Labute approximate surface area is 154 Å². The molecule has 0 aliphatic carbocycles. The second-order valence-corrected chi connectivity index (χ2v) is 6.75. The number of hydrogen-bond donors (Lipinski definition) is 0. The second kappa shape index (κ2) is 7.98. The van der Waals surface area contributed by atoms with E-state index >= 15 is 0 Å². The van der Waals surface area contributed by atoms with Crippen LogP contribution < -0.4 is 0 Å². The lowest BCUT2D eigenvalue weighted by Gasteiger charge is -2.33. The monoisotopic (exact) mass is 389 g/mol. The molecule has 2 fully saturated rings. The van der Waals surface area contributed by atoms with Crippen molar-refractivity contribution in [3.05, 3.63) is 40.4 Å². The number of nitrogens with zero attached hydrogens (tertiary/aromatic N) is 1. The van der Waals surface area contributed by atoms with Gasteiger partial charge in [0.05, 0.1) is 23.8 Å². The van der Waals surface area contributed by atoms with Crippen molar-refractivity contribution in [3.8, 4) is 0 Å². The third-order valence-electron chi connectivity index (χ3n) is 4.60. The van der Waals surface area contributed by atoms with Gasteiger partial charge in [-0.05, 0) is 36.6 Å². The first-order valence-electron chi connectivity index (χ1n) is 8.41. The molecule has 0 atom stereocenters. The van der Waals surface area contributed by atoms with E-state index in [1.165, 1.54) is 24.3 Å². The van der Waals surface area contributed by atoms with Crippen LogP contribution in [0.4, 0.5) is 13.2 Å². The Morgan fingerprint density at radius 3 is 2.46 bits per heavy atom. The summed E-state index contributed by atoms with van der Waals surface area (Å²) in [6.45, 7) is 2.36. The number of piperidine rings is 1. The number of carbonyl (C=O) groups excluding carboxylic acids is 1. The van der Waals surface area contributed by atoms with Crippen LogP contribution in [-0.4, -0.2) is 43.4 Å². The van der Waals surface area contributed by atoms with Crippen molar-refractivity contribution in [2.24, 2.45) is 5.92 Å². The van der Waals surface area contributed by atoms with Gasteiger partial charge in [-0.25, -0.2) is 0 Å². The van der Waals surface area contributed by atoms with E-state index in [-0.39, 0.29) is 28.7 Å². The highest BCUT2D eigenvalue weighted by atomic mass is 35.5. The number of carbonyl (C=O) groups is 1. The molecule has 3 rings (SSSR count). The summed E-state index contributed by atoms with van der Waals surface area (Å²) in [4.78, 5) is 14.0. The highest BCUT2D eigenvalue weighted by Gasteiger charge is 2.33. The van der Waals surface area contributed by atoms with E-state index in [0.717, 1.165) is 18.9 Å². The maximum Gasteiger partial charge on any atom is 0.417 e. The van der Waals surface area contributed by atoms with E-state index in [9.17, 15) is 18.0 Å². The van der Waals surface area contributed by atoms with Crippen molar-refractivity contribution >= 4 is 23.6 Å². The Balaban J connectivity index is 1.58. The summed E-state index contributed by atoms with van der Waals surface area (Å²) >= 11 is 5.59. The first-order chi connectivity index (χ1) is 12.3. The molecule has 2 saturated heterocycles. The zero-order chi connectivity index (χ0) is 18.7. The van der Waals surface area contributed by atoms with E-state index in [1.807, 2.05) is 0 Å². The Morgan fingerprint density at radius 1 is 1.19 bits per heavy atom. The average molecular weight is 390 g/mol. The minimum Gasteiger partial charge on any atom is -0.350 e. The second-order valence-electron chi connectivity index (χ2n) is 6.34. The molecular weight excluding hydrogens is 371 g/mol. The summed E-state index contributed by atoms with van der Waals surface area (Å²) in [5.74, 6) is 0.0522. The molecule has 1 amide bonds. The summed E-state index contributed by atoms with van der Waals surface area (Å²) in [6, 6.07) is 3.57. The molecule has 2 aliphatic heterocycles. The molecule has 2 aliphatic rings. The summed E-state index contributed by atoms with van der Waals surface area (Å²) in [6.07, 6.45) is -0.475. The fourth-order valence-corrected chi connectivity index (χ4v) is 3.40. The van der Waals surface area contributed by atoms with Crippen LogP contribution in [-0.2, 0) is 20.4 Å². The van der Waals surface area contributed by atoms with E-state index in [4.69, 9.17) is 21.1 Å². The quantitative estimate of drug-likeness (QED) is 0.734. The first-order valence-corrected chi connectivity index (χ1v) is 8.79. The fourth-order valence-electron chi connectivity index (χ4n) is 3.18. The maximum absolute atomic E-state index is 12.9. The molecule has 0 radical (unpaired) electrons. The van der Waals surface area contributed by atoms with Crippen molar-refractivity contribution in [1.82, 2.24) is 4.90 Å². The predicted octanol–water partition coefficient (Wildman–Crippen LogP) is 3.98. The van der Waals surface area contributed by atoms with Gasteiger partial charge in [-0.1, -0.05) is 17.7 Å². The molecule has 0 aromatic heterocycles. The lowest BCUT2D eigenvalue weighted by Crippen LogP contribution is -2.40. The van der Waals surface area contributed by atoms with Gasteiger partial charge in [-0.15, -0.1) is 0 Å². The Morgan fingerprint density at radius 2 is 1.85 bits per heavy atom. The topological polar surface area (TPSA) is 38.8 Å². The molecule has 0 unspecified atom stereocenters. The lowest BCUT2D eigenvalue weighted by atomic mass is 9.96. The van der Waals surface area contributed by atoms with Crippen molar-refractivity contribution in [2.75, 3.05) is 26.3 Å². The number of alkyl halides is 3. The fraction of sp³-hybridized carbons (Fsp3) is 0.500. The van der Waals surface area contributed by atoms with E-state index < -0.39 is 11.7 Å². The Kier molecular flexibility index (Phi) is 5.89. The zero-order valence-corrected chi connectivity index (χ0v) is 14.7. The van der Waals surface area contributed by atoms with Gasteiger partial charge in [0.15, 0.2) is 6.29 Å². The number of amides is 1. The minimum absolute atomic E-state index is 0.183. The molecule has 1 aromatic carbocycles. The van der Waals surface area contributed by atoms with Gasteiger partial charge < -0.3 is 14.4 Å². The first kappa shape index (κ1) is 19.2. The SMILES string of the molecule is O=C(/C=C/c1ccc(Cl)c(C(F)(F)F)c1)N1CCC(C2OCCO2)CC1. The van der Waals surface area contributed by atoms with Gasteiger partial charge in [0.2, 0.25) is 5.91 Å². The number of halogens is 4. The molecule has 26 heavy (non-hydrogen) atoms. The van der Waals surface area contributed by atoms with E-state index in [2.05, 4.69) is 0 Å². The van der Waals surface area contributed by atoms with Gasteiger partial charge in [-0.3, -0.25) is 4.79 Å². The van der Waals surface area contributed by atoms with E-state index in [0.29, 0.717) is 26.3 Å². The van der Waals surface area contributed by atoms with Crippen molar-refractivity contribution in [3.63, 3.8) is 0 Å². The van der Waals surface area contributed by atoms with E-state index in [1.54, 1.807) is 4.90 Å². The molecule has 8 heteroatoms. The summed E-state index contributed by atoms with van der Waals surface area (Å²) < 4.78 is 49.6. The Bertz CT molecular complexity index is 679. The van der Waals surface area contributed by atoms with Crippen LogP contribution in [0.2, 0.25) is 5.02 Å². The smallest absolute Gasteiger partial charge is 0.350 e.